The molecule has 0 aliphatic heterocycles. The van der Waals surface area contributed by atoms with Crippen molar-refractivity contribution in [1.29, 1.82) is 5.26 Å². The highest BCUT2D eigenvalue weighted by atomic mass is 15.1. The number of anilines is 1. The molecule has 1 aromatic carbocycles. The summed E-state index contributed by atoms with van der Waals surface area (Å²) in [5.41, 5.74) is 12.7. The van der Waals surface area contributed by atoms with Crippen LogP contribution < -0.4 is 10.3 Å². The summed E-state index contributed by atoms with van der Waals surface area (Å²) in [5.74, 6) is 0.442. The third-order valence-electron chi connectivity index (χ3n) is 5.67. The molecule has 32 heavy (non-hydrogen) atoms. The predicted octanol–water partition coefficient (Wildman–Crippen LogP) is 4.77. The molecule has 0 spiro atoms. The van der Waals surface area contributed by atoms with Gasteiger partial charge in [0.2, 0.25) is 0 Å². The highest BCUT2D eigenvalue weighted by Gasteiger charge is 2.21. The van der Waals surface area contributed by atoms with Gasteiger partial charge in [0, 0.05) is 29.8 Å². The normalized spacial score (nSPS) is 11.6. The Morgan fingerprint density at radius 2 is 1.84 bits per heavy atom. The van der Waals surface area contributed by atoms with Crippen molar-refractivity contribution in [2.75, 3.05) is 5.73 Å². The number of aryl methyl sites for hydroxylation is 3. The van der Waals surface area contributed by atoms with Gasteiger partial charge in [-0.05, 0) is 31.9 Å². The van der Waals surface area contributed by atoms with Crippen LogP contribution in [-0.2, 0) is 13.1 Å². The van der Waals surface area contributed by atoms with E-state index in [4.69, 9.17) is 5.73 Å². The zero-order chi connectivity index (χ0) is 22.7. The third-order valence-corrected chi connectivity index (χ3v) is 5.67. The zero-order valence-electron chi connectivity index (χ0n) is 18.7. The molecule has 2 N–H and O–H groups in total. The van der Waals surface area contributed by atoms with Gasteiger partial charge in [0.05, 0.1) is 22.7 Å². The average molecular weight is 424 g/mol. The molecule has 0 bridgehead atoms. The van der Waals surface area contributed by atoms with E-state index in [0.717, 1.165) is 52.9 Å². The van der Waals surface area contributed by atoms with E-state index in [1.54, 1.807) is 0 Å². The van der Waals surface area contributed by atoms with Crippen molar-refractivity contribution in [2.24, 2.45) is 0 Å². The monoisotopic (exact) mass is 423 g/mol. The minimum Gasteiger partial charge on any atom is -0.383 e. The molecule has 0 fully saturated rings. The maximum Gasteiger partial charge on any atom is 0.169 e. The van der Waals surface area contributed by atoms with E-state index in [1.807, 2.05) is 30.6 Å². The van der Waals surface area contributed by atoms with Crippen molar-refractivity contribution in [3.8, 4) is 17.2 Å². The first-order valence-corrected chi connectivity index (χ1v) is 10.9. The SMILES string of the molecule is CCCn1c(/C=C(\C#N)c2cc[n+](CC)cc2)c(-c2ccc(C)cc2)c2c(N)ncnc21. The summed E-state index contributed by atoms with van der Waals surface area (Å²) in [7, 11) is 0. The van der Waals surface area contributed by atoms with Crippen molar-refractivity contribution < 1.29 is 4.57 Å². The van der Waals surface area contributed by atoms with Gasteiger partial charge in [-0.15, -0.1) is 0 Å². The number of hydrogen-bond acceptors (Lipinski definition) is 4. The van der Waals surface area contributed by atoms with E-state index >= 15 is 0 Å². The molecule has 6 nitrogen and oxygen atoms in total. The van der Waals surface area contributed by atoms with Gasteiger partial charge < -0.3 is 10.3 Å². The maximum atomic E-state index is 10.0. The summed E-state index contributed by atoms with van der Waals surface area (Å²) >= 11 is 0. The van der Waals surface area contributed by atoms with E-state index in [0.29, 0.717) is 11.4 Å². The molecule has 0 radical (unpaired) electrons. The Hall–Kier alpha value is -3.98. The van der Waals surface area contributed by atoms with Crippen LogP contribution in [0.2, 0.25) is 0 Å². The van der Waals surface area contributed by atoms with Crippen LogP contribution in [0.25, 0.3) is 33.8 Å². The molecule has 0 unspecified atom stereocenters. The molecule has 0 aliphatic rings. The second-order valence-electron chi connectivity index (χ2n) is 7.82. The fourth-order valence-electron chi connectivity index (χ4n) is 3.99. The molecule has 0 aliphatic carbocycles. The van der Waals surface area contributed by atoms with E-state index < -0.39 is 0 Å². The van der Waals surface area contributed by atoms with E-state index in [-0.39, 0.29) is 0 Å². The smallest absolute Gasteiger partial charge is 0.169 e. The highest BCUT2D eigenvalue weighted by Crippen LogP contribution is 2.38. The van der Waals surface area contributed by atoms with Crippen LogP contribution in [0.3, 0.4) is 0 Å². The van der Waals surface area contributed by atoms with Gasteiger partial charge in [0.25, 0.3) is 0 Å². The number of benzene rings is 1. The fourth-order valence-corrected chi connectivity index (χ4v) is 3.99. The largest absolute Gasteiger partial charge is 0.383 e. The quantitative estimate of drug-likeness (QED) is 0.358. The summed E-state index contributed by atoms with van der Waals surface area (Å²) in [5, 5.41) is 10.9. The van der Waals surface area contributed by atoms with E-state index in [1.165, 1.54) is 11.9 Å². The number of nitriles is 1. The highest BCUT2D eigenvalue weighted by molar-refractivity contribution is 6.06. The minimum atomic E-state index is 0.442. The summed E-state index contributed by atoms with van der Waals surface area (Å²) < 4.78 is 4.22. The van der Waals surface area contributed by atoms with Crippen LogP contribution in [0.4, 0.5) is 5.82 Å². The molecule has 4 aromatic rings. The Morgan fingerprint density at radius 1 is 1.12 bits per heavy atom. The lowest BCUT2D eigenvalue weighted by atomic mass is 9.99. The lowest BCUT2D eigenvalue weighted by Gasteiger charge is -2.09. The molecular formula is C26H27N6+. The van der Waals surface area contributed by atoms with Crippen LogP contribution in [0.5, 0.6) is 0 Å². The van der Waals surface area contributed by atoms with Gasteiger partial charge >= 0.3 is 0 Å². The number of hydrogen-bond donors (Lipinski definition) is 1. The van der Waals surface area contributed by atoms with Crippen molar-refractivity contribution in [3.05, 3.63) is 71.9 Å². The minimum absolute atomic E-state index is 0.442. The number of nitrogens with zero attached hydrogens (tertiary/aromatic N) is 5. The van der Waals surface area contributed by atoms with Crippen LogP contribution in [0.1, 0.15) is 37.1 Å². The van der Waals surface area contributed by atoms with Crippen molar-refractivity contribution >= 4 is 28.5 Å². The number of nitrogens with two attached hydrogens (primary N) is 1. The lowest BCUT2D eigenvalue weighted by Crippen LogP contribution is -2.30. The van der Waals surface area contributed by atoms with Gasteiger partial charge in [0.15, 0.2) is 12.4 Å². The Labute approximate surface area is 188 Å². The first-order valence-electron chi connectivity index (χ1n) is 10.9. The van der Waals surface area contributed by atoms with Crippen molar-refractivity contribution in [2.45, 2.75) is 40.3 Å². The summed E-state index contributed by atoms with van der Waals surface area (Å²) in [4.78, 5) is 8.84. The third kappa shape index (κ3) is 3.85. The predicted molar refractivity (Wildman–Crippen MR) is 128 cm³/mol. The molecule has 6 heteroatoms. The van der Waals surface area contributed by atoms with Crippen LogP contribution in [0, 0.1) is 18.3 Å². The van der Waals surface area contributed by atoms with Crippen LogP contribution >= 0.6 is 0 Å². The molecule has 0 saturated carbocycles. The summed E-state index contributed by atoms with van der Waals surface area (Å²) in [6.45, 7) is 7.92. The molecule has 0 atom stereocenters. The van der Waals surface area contributed by atoms with Gasteiger partial charge in [-0.3, -0.25) is 0 Å². The zero-order valence-corrected chi connectivity index (χ0v) is 18.7. The Morgan fingerprint density at radius 3 is 2.47 bits per heavy atom. The van der Waals surface area contributed by atoms with Crippen molar-refractivity contribution in [3.63, 3.8) is 0 Å². The topological polar surface area (TPSA) is 84.4 Å². The molecular weight excluding hydrogens is 396 g/mol. The van der Waals surface area contributed by atoms with Gasteiger partial charge in [-0.1, -0.05) is 36.8 Å². The first-order chi connectivity index (χ1) is 15.6. The summed E-state index contributed by atoms with van der Waals surface area (Å²) in [6.07, 6.45) is 8.37. The molecule has 160 valence electrons. The van der Waals surface area contributed by atoms with Crippen LogP contribution in [-0.4, -0.2) is 14.5 Å². The van der Waals surface area contributed by atoms with Crippen LogP contribution in [0.15, 0.2) is 55.1 Å². The van der Waals surface area contributed by atoms with Gasteiger partial charge in [0.1, 0.15) is 24.3 Å². The Bertz CT molecular complexity index is 1320. The number of pyridine rings is 1. The standard InChI is InChI=1S/C26H26N6/c1-4-12-32-22(15-21(16-27)19-10-13-31(5-2)14-11-19)23(20-8-6-18(3)7-9-20)24-25(28)29-17-30-26(24)32/h6-11,13-15,17,28H,4-5,12H2,1-3H3/p+1. The van der Waals surface area contributed by atoms with Crippen molar-refractivity contribution in [1.82, 2.24) is 14.5 Å². The van der Waals surface area contributed by atoms with E-state index in [2.05, 4.69) is 70.2 Å². The number of allylic oxidation sites excluding steroid dienone is 1. The molecule has 4 rings (SSSR count). The first kappa shape index (κ1) is 21.3. The number of fused-ring (bicyclic) bond motifs is 1. The van der Waals surface area contributed by atoms with Gasteiger partial charge in [-0.2, -0.15) is 5.26 Å². The lowest BCUT2D eigenvalue weighted by molar-refractivity contribution is -0.693. The molecule has 0 amide bonds. The number of rotatable bonds is 6. The van der Waals surface area contributed by atoms with E-state index in [9.17, 15) is 5.26 Å². The Balaban J connectivity index is 2.04. The molecule has 0 saturated heterocycles. The summed E-state index contributed by atoms with van der Waals surface area (Å²) in [6, 6.07) is 14.7. The molecule has 3 aromatic heterocycles. The maximum absolute atomic E-state index is 10.0. The second-order valence-corrected chi connectivity index (χ2v) is 7.82. The molecule has 3 heterocycles. The van der Waals surface area contributed by atoms with Gasteiger partial charge in [-0.25, -0.2) is 14.5 Å². The average Bonchev–Trinajstić information content (AvgIpc) is 3.12. The number of nitrogen functional groups attached to an aromatic ring is 1. The second kappa shape index (κ2) is 9.03. The fraction of sp³-hybridized carbons (Fsp3) is 0.231. The Kier molecular flexibility index (Phi) is 6.00. The number of aromatic nitrogens is 4.